The zero-order chi connectivity index (χ0) is 16.4. The number of hydrogen-bond acceptors (Lipinski definition) is 4. The van der Waals surface area contributed by atoms with E-state index in [1.807, 2.05) is 49.4 Å². The van der Waals surface area contributed by atoms with Crippen molar-refractivity contribution in [3.05, 3.63) is 54.1 Å². The second-order valence-corrected chi connectivity index (χ2v) is 6.23. The van der Waals surface area contributed by atoms with Crippen molar-refractivity contribution < 1.29 is 0 Å². The maximum atomic E-state index is 4.54. The van der Waals surface area contributed by atoms with E-state index in [1.165, 1.54) is 5.56 Å². The average molecular weight is 325 g/mol. The summed E-state index contributed by atoms with van der Waals surface area (Å²) in [7, 11) is 1.90. The summed E-state index contributed by atoms with van der Waals surface area (Å²) in [5, 5.41) is 10.7. The topological polar surface area (TPSA) is 47.7 Å². The zero-order valence-corrected chi connectivity index (χ0v) is 14.3. The van der Waals surface area contributed by atoms with Crippen molar-refractivity contribution in [2.45, 2.75) is 13.8 Å². The van der Waals surface area contributed by atoms with Gasteiger partial charge < -0.3 is 5.32 Å². The number of aryl methyl sites for hydroxylation is 2. The molecule has 3 heterocycles. The molecule has 6 heteroatoms. The standard InChI is InChI=1S/C17H19N5S/c1-5-6-22-15(14-8-19-21(4)10-14)9-18-17(22)13(3)20-16-7-12(2)11-23-16/h5-11,20H,3H2,1-2,4H3/b6-5-. The van der Waals surface area contributed by atoms with Gasteiger partial charge in [-0.05, 0) is 30.9 Å². The third kappa shape index (κ3) is 3.12. The normalized spacial score (nSPS) is 11.3. The quantitative estimate of drug-likeness (QED) is 0.764. The Morgan fingerprint density at radius 3 is 2.83 bits per heavy atom. The molecule has 23 heavy (non-hydrogen) atoms. The van der Waals surface area contributed by atoms with E-state index in [0.29, 0.717) is 0 Å². The first-order valence-corrected chi connectivity index (χ1v) is 8.17. The summed E-state index contributed by atoms with van der Waals surface area (Å²) < 4.78 is 3.80. The predicted octanol–water partition coefficient (Wildman–Crippen LogP) is 4.23. The lowest BCUT2D eigenvalue weighted by atomic mass is 10.3. The minimum Gasteiger partial charge on any atom is -0.345 e. The minimum atomic E-state index is 0.764. The van der Waals surface area contributed by atoms with E-state index >= 15 is 0 Å². The molecule has 0 saturated carbocycles. The number of hydrogen-bond donors (Lipinski definition) is 1. The first-order valence-electron chi connectivity index (χ1n) is 7.29. The first kappa shape index (κ1) is 15.3. The zero-order valence-electron chi connectivity index (χ0n) is 13.4. The van der Waals surface area contributed by atoms with Crippen LogP contribution in [-0.4, -0.2) is 19.3 Å². The smallest absolute Gasteiger partial charge is 0.160 e. The Labute approximate surface area is 139 Å². The van der Waals surface area contributed by atoms with Crippen LogP contribution in [0.4, 0.5) is 5.00 Å². The van der Waals surface area contributed by atoms with Crippen LogP contribution in [0.15, 0.2) is 42.7 Å². The second-order valence-electron chi connectivity index (χ2n) is 5.31. The van der Waals surface area contributed by atoms with Crippen molar-refractivity contribution in [3.8, 4) is 11.3 Å². The van der Waals surface area contributed by atoms with E-state index in [-0.39, 0.29) is 0 Å². The molecular formula is C17H19N5S. The summed E-state index contributed by atoms with van der Waals surface area (Å²) in [5.74, 6) is 0.785. The van der Waals surface area contributed by atoms with E-state index in [4.69, 9.17) is 0 Å². The van der Waals surface area contributed by atoms with Crippen LogP contribution in [0.25, 0.3) is 23.2 Å². The summed E-state index contributed by atoms with van der Waals surface area (Å²) in [4.78, 5) is 4.54. The molecule has 118 valence electrons. The number of anilines is 1. The summed E-state index contributed by atoms with van der Waals surface area (Å²) >= 11 is 1.66. The number of thiophene rings is 1. The van der Waals surface area contributed by atoms with E-state index < -0.39 is 0 Å². The van der Waals surface area contributed by atoms with Gasteiger partial charge in [0.1, 0.15) is 0 Å². The van der Waals surface area contributed by atoms with Gasteiger partial charge in [-0.3, -0.25) is 9.25 Å². The highest BCUT2D eigenvalue weighted by molar-refractivity contribution is 7.14. The molecular weight excluding hydrogens is 306 g/mol. The monoisotopic (exact) mass is 325 g/mol. The summed E-state index contributed by atoms with van der Waals surface area (Å²) in [6, 6.07) is 2.10. The lowest BCUT2D eigenvalue weighted by molar-refractivity contribution is 0.768. The Morgan fingerprint density at radius 1 is 1.39 bits per heavy atom. The number of nitrogens with one attached hydrogen (secondary N) is 1. The molecule has 1 N–H and O–H groups in total. The molecule has 5 nitrogen and oxygen atoms in total. The van der Waals surface area contributed by atoms with E-state index in [0.717, 1.165) is 27.8 Å². The fourth-order valence-electron chi connectivity index (χ4n) is 2.35. The van der Waals surface area contributed by atoms with Crippen LogP contribution in [0, 0.1) is 6.92 Å². The number of aromatic nitrogens is 4. The molecule has 3 aromatic heterocycles. The third-order valence-electron chi connectivity index (χ3n) is 3.37. The highest BCUT2D eigenvalue weighted by Crippen LogP contribution is 2.27. The Hall–Kier alpha value is -2.60. The molecule has 3 aromatic rings. The Morgan fingerprint density at radius 2 is 2.22 bits per heavy atom. The lowest BCUT2D eigenvalue weighted by Crippen LogP contribution is -2.03. The summed E-state index contributed by atoms with van der Waals surface area (Å²) in [5.41, 5.74) is 4.00. The van der Waals surface area contributed by atoms with Gasteiger partial charge in [-0.25, -0.2) is 4.98 Å². The van der Waals surface area contributed by atoms with Crippen LogP contribution in [0.1, 0.15) is 18.3 Å². The van der Waals surface area contributed by atoms with Gasteiger partial charge in [0, 0.05) is 25.0 Å². The second kappa shape index (κ2) is 6.26. The highest BCUT2D eigenvalue weighted by Gasteiger charge is 2.14. The van der Waals surface area contributed by atoms with Gasteiger partial charge >= 0.3 is 0 Å². The Bertz CT molecular complexity index is 865. The molecule has 0 radical (unpaired) electrons. The van der Waals surface area contributed by atoms with Crippen molar-refractivity contribution in [2.24, 2.45) is 7.05 Å². The highest BCUT2D eigenvalue weighted by atomic mass is 32.1. The Balaban J connectivity index is 1.95. The molecule has 0 spiro atoms. The molecule has 0 amide bonds. The minimum absolute atomic E-state index is 0.764. The fraction of sp³-hybridized carbons (Fsp3) is 0.176. The van der Waals surface area contributed by atoms with Gasteiger partial charge in [0.25, 0.3) is 0 Å². The van der Waals surface area contributed by atoms with E-state index in [2.05, 4.69) is 40.3 Å². The largest absolute Gasteiger partial charge is 0.345 e. The fourth-order valence-corrected chi connectivity index (χ4v) is 3.17. The van der Waals surface area contributed by atoms with Crippen molar-refractivity contribution >= 4 is 28.2 Å². The van der Waals surface area contributed by atoms with Crippen LogP contribution in [0.3, 0.4) is 0 Å². The van der Waals surface area contributed by atoms with Crippen LogP contribution in [0.2, 0.25) is 0 Å². The van der Waals surface area contributed by atoms with Gasteiger partial charge in [0.05, 0.1) is 28.8 Å². The van der Waals surface area contributed by atoms with Crippen LogP contribution in [0.5, 0.6) is 0 Å². The number of nitrogens with zero attached hydrogens (tertiary/aromatic N) is 4. The number of allylic oxidation sites excluding steroid dienone is 1. The molecule has 3 rings (SSSR count). The van der Waals surface area contributed by atoms with Crippen molar-refractivity contribution in [1.82, 2.24) is 19.3 Å². The molecule has 0 aliphatic rings. The number of rotatable bonds is 5. The summed E-state index contributed by atoms with van der Waals surface area (Å²) in [6.45, 7) is 8.20. The molecule has 0 saturated heterocycles. The van der Waals surface area contributed by atoms with Crippen LogP contribution in [-0.2, 0) is 7.05 Å². The first-order chi connectivity index (χ1) is 11.1. The third-order valence-corrected chi connectivity index (χ3v) is 4.33. The van der Waals surface area contributed by atoms with Crippen molar-refractivity contribution in [3.63, 3.8) is 0 Å². The van der Waals surface area contributed by atoms with Gasteiger partial charge in [0.15, 0.2) is 5.82 Å². The van der Waals surface area contributed by atoms with Gasteiger partial charge in [0.2, 0.25) is 0 Å². The van der Waals surface area contributed by atoms with Crippen LogP contribution >= 0.6 is 11.3 Å². The molecule has 0 unspecified atom stereocenters. The van der Waals surface area contributed by atoms with Gasteiger partial charge in [-0.2, -0.15) is 5.10 Å². The average Bonchev–Trinajstić information content (AvgIpc) is 3.20. The van der Waals surface area contributed by atoms with Gasteiger partial charge in [-0.1, -0.05) is 12.7 Å². The Kier molecular flexibility index (Phi) is 4.16. The lowest BCUT2D eigenvalue weighted by Gasteiger charge is -2.09. The number of imidazole rings is 1. The summed E-state index contributed by atoms with van der Waals surface area (Å²) in [6.07, 6.45) is 9.61. The van der Waals surface area contributed by atoms with Gasteiger partial charge in [-0.15, -0.1) is 11.3 Å². The van der Waals surface area contributed by atoms with E-state index in [9.17, 15) is 0 Å². The molecule has 0 aliphatic carbocycles. The predicted molar refractivity (Wildman–Crippen MR) is 97.1 cm³/mol. The van der Waals surface area contributed by atoms with Crippen molar-refractivity contribution in [1.29, 1.82) is 0 Å². The van der Waals surface area contributed by atoms with E-state index in [1.54, 1.807) is 16.0 Å². The molecule has 0 atom stereocenters. The molecule has 0 fully saturated rings. The maximum absolute atomic E-state index is 4.54. The molecule has 0 bridgehead atoms. The van der Waals surface area contributed by atoms with Crippen LogP contribution < -0.4 is 5.32 Å². The molecule has 0 aromatic carbocycles. The van der Waals surface area contributed by atoms with Crippen molar-refractivity contribution in [2.75, 3.05) is 5.32 Å². The molecule has 0 aliphatic heterocycles. The maximum Gasteiger partial charge on any atom is 0.160 e. The SMILES string of the molecule is C=C(Nc1cc(C)cs1)c1ncc(-c2cnn(C)c2)n1/C=C\C.